The number of hydrogen-bond acceptors (Lipinski definition) is 1. The van der Waals surface area contributed by atoms with E-state index in [1.165, 1.54) is 83.3 Å². The molecule has 2 atom stereocenters. The average Bonchev–Trinajstić information content (AvgIpc) is 3.92. The molecule has 9 aromatic rings. The maximum absolute atomic E-state index is 5.03. The first-order valence-electron chi connectivity index (χ1n) is 25.4. The van der Waals surface area contributed by atoms with Crippen molar-refractivity contribution >= 4 is 67.7 Å². The van der Waals surface area contributed by atoms with E-state index in [0.717, 1.165) is 23.5 Å². The lowest BCUT2D eigenvalue weighted by molar-refractivity contribution is 0.187. The predicted molar refractivity (Wildman–Crippen MR) is 301 cm³/mol. The summed E-state index contributed by atoms with van der Waals surface area (Å²) in [4.78, 5) is 5.03. The molecular weight excluding hydrogens is 848 g/mol. The van der Waals surface area contributed by atoms with Crippen molar-refractivity contribution in [2.45, 2.75) is 105 Å². The summed E-state index contributed by atoms with van der Waals surface area (Å²) < 4.78 is 3.74. The summed E-state index contributed by atoms with van der Waals surface area (Å²) in [7, 11) is 0. The number of benzene rings is 7. The van der Waals surface area contributed by atoms with Crippen molar-refractivity contribution in [3.05, 3.63) is 205 Å². The Labute approximate surface area is 417 Å². The lowest BCUT2D eigenvalue weighted by Gasteiger charge is -2.56. The van der Waals surface area contributed by atoms with Gasteiger partial charge in [-0.1, -0.05) is 209 Å². The molecule has 2 aromatic heterocycles. The average molecular weight is 916 g/mol. The third-order valence-corrected chi connectivity index (χ3v) is 15.5. The number of quaternary nitrogens is 2. The van der Waals surface area contributed by atoms with Gasteiger partial charge < -0.3 is 0 Å². The molecule has 3 aliphatic rings. The Morgan fingerprint density at radius 2 is 1.06 bits per heavy atom. The number of aromatic nitrogens is 2. The van der Waals surface area contributed by atoms with Gasteiger partial charge in [-0.05, 0) is 91.9 Å². The van der Waals surface area contributed by atoms with Crippen molar-refractivity contribution in [2.24, 2.45) is 0 Å². The quantitative estimate of drug-likeness (QED) is 0.0885. The Kier molecular flexibility index (Phi) is 10.5. The molecule has 1 saturated heterocycles. The van der Waals surface area contributed by atoms with Crippen molar-refractivity contribution < 1.29 is 0 Å². The maximum Gasteiger partial charge on any atom is 0.241 e. The smallest absolute Gasteiger partial charge is 0.241 e. The molecule has 0 amide bonds. The predicted octanol–water partition coefficient (Wildman–Crippen LogP) is 14.9. The van der Waals surface area contributed by atoms with Gasteiger partial charge in [0, 0.05) is 40.7 Å². The summed E-state index contributed by atoms with van der Waals surface area (Å²) in [5, 5.41) is 2.46. The van der Waals surface area contributed by atoms with Gasteiger partial charge in [0.05, 0.1) is 17.7 Å². The van der Waals surface area contributed by atoms with Crippen LogP contribution in [0.1, 0.15) is 105 Å². The summed E-state index contributed by atoms with van der Waals surface area (Å²) in [5.74, 6) is 0.944. The van der Waals surface area contributed by atoms with Crippen LogP contribution < -0.4 is 25.4 Å². The van der Waals surface area contributed by atoms with Crippen molar-refractivity contribution in [3.63, 3.8) is 0 Å². The second-order valence-electron chi connectivity index (χ2n) is 24.5. The Bertz CT molecular complexity index is 3460. The number of nitrogens with zero attached hydrogens (tertiary/aromatic N) is 4. The number of rotatable bonds is 7. The molecule has 3 aliphatic heterocycles. The fourth-order valence-corrected chi connectivity index (χ4v) is 11.5. The molecule has 5 heterocycles. The van der Waals surface area contributed by atoms with Gasteiger partial charge in [-0.2, -0.15) is 0 Å². The highest BCUT2D eigenvalue weighted by Gasteiger charge is 2.64. The van der Waals surface area contributed by atoms with Gasteiger partial charge in [0.25, 0.3) is 0 Å². The van der Waals surface area contributed by atoms with Crippen LogP contribution in [0.4, 0.5) is 22.7 Å². The van der Waals surface area contributed by atoms with Crippen LogP contribution in [-0.2, 0) is 21.7 Å². The van der Waals surface area contributed by atoms with Crippen LogP contribution in [0.15, 0.2) is 176 Å². The number of para-hydroxylation sites is 2. The zero-order chi connectivity index (χ0) is 49.2. The monoisotopic (exact) mass is 916 g/mol. The minimum Gasteiger partial charge on any atom is -0.294 e. The zero-order valence-corrected chi connectivity index (χ0v) is 43.4. The van der Waals surface area contributed by atoms with Crippen LogP contribution in [0.5, 0.6) is 0 Å². The largest absolute Gasteiger partial charge is 0.294 e. The highest BCUT2D eigenvalue weighted by Crippen LogP contribution is 2.67. The minimum absolute atomic E-state index is 0.00991. The molecule has 0 N–H and O–H groups in total. The Hall–Kier alpha value is -6.53. The Morgan fingerprint density at radius 1 is 0.457 bits per heavy atom. The molecule has 0 saturated carbocycles. The molecule has 0 spiro atoms. The topological polar surface area (TPSA) is 17.8 Å². The van der Waals surface area contributed by atoms with E-state index in [0.29, 0.717) is 8.97 Å². The standard InChI is InChI=1S/C65H68BN4/c1-62(2,3)45-22-18-21-44(35-45)54-28-20-30-59-61(54)70(53-37-47(64(7,8)9)36-48(38-53)65(10,11)12)42-69(59,43-70)52-26-19-25-50(40-52)66(49-23-14-13-15-24-49)51-31-32-56-55-27-16-17-29-57(55)68(58(56)41-51)60-39-46(33-34-67-60)63(4,5)6/h13-42H,43H2,1-12H3/q+1/t69-,70+/m1/s1. The lowest BCUT2D eigenvalue weighted by atomic mass is 9.37. The lowest BCUT2D eigenvalue weighted by Crippen LogP contribution is -2.67. The second-order valence-corrected chi connectivity index (χ2v) is 24.5. The van der Waals surface area contributed by atoms with E-state index in [2.05, 4.69) is 264 Å². The van der Waals surface area contributed by atoms with Crippen LogP contribution in [0.3, 0.4) is 0 Å². The van der Waals surface area contributed by atoms with Gasteiger partial charge >= 0.3 is 0 Å². The molecule has 7 aromatic carbocycles. The van der Waals surface area contributed by atoms with Crippen molar-refractivity contribution in [2.75, 3.05) is 6.67 Å². The van der Waals surface area contributed by atoms with Gasteiger partial charge in [-0.25, -0.2) is 4.98 Å². The van der Waals surface area contributed by atoms with Gasteiger partial charge in [0.15, 0.2) is 18.0 Å². The van der Waals surface area contributed by atoms with E-state index < -0.39 is 0 Å². The molecule has 1 fully saturated rings. The molecule has 0 radical (unpaired) electrons. The molecule has 4 nitrogen and oxygen atoms in total. The van der Waals surface area contributed by atoms with E-state index in [1.54, 1.807) is 0 Å². The number of hydrogen-bond donors (Lipinski definition) is 0. The third-order valence-electron chi connectivity index (χ3n) is 15.5. The third kappa shape index (κ3) is 7.47. The van der Waals surface area contributed by atoms with E-state index in [-0.39, 0.29) is 28.4 Å². The summed E-state index contributed by atoms with van der Waals surface area (Å²) >= 11 is 0. The molecule has 2 bridgehead atoms. The van der Waals surface area contributed by atoms with Gasteiger partial charge in [0.1, 0.15) is 17.2 Å². The fourth-order valence-electron chi connectivity index (χ4n) is 11.5. The summed E-state index contributed by atoms with van der Waals surface area (Å²) in [6.07, 6.45) is 1.97. The van der Waals surface area contributed by atoms with Crippen molar-refractivity contribution in [1.29, 1.82) is 0 Å². The molecule has 12 rings (SSSR count). The first-order chi connectivity index (χ1) is 33.2. The van der Waals surface area contributed by atoms with E-state index in [1.807, 2.05) is 6.20 Å². The zero-order valence-electron chi connectivity index (χ0n) is 43.4. The van der Waals surface area contributed by atoms with Crippen LogP contribution in [0, 0.1) is 6.67 Å². The summed E-state index contributed by atoms with van der Waals surface area (Å²) in [5.41, 5.74) is 19.4. The summed E-state index contributed by atoms with van der Waals surface area (Å²) in [6, 6.07) is 64.9. The van der Waals surface area contributed by atoms with Crippen LogP contribution in [-0.4, -0.2) is 22.9 Å². The molecule has 0 unspecified atom stereocenters. The minimum atomic E-state index is -0.0176. The normalized spacial score (nSPS) is 18.0. The van der Waals surface area contributed by atoms with E-state index >= 15 is 0 Å². The Morgan fingerprint density at radius 3 is 1.76 bits per heavy atom. The first kappa shape index (κ1) is 45.9. The van der Waals surface area contributed by atoms with Crippen LogP contribution in [0.2, 0.25) is 0 Å². The fraction of sp³-hybridized carbons (Fsp3) is 0.262. The second kappa shape index (κ2) is 16.0. The number of fused-ring (bicyclic) bond motifs is 3. The molecule has 5 heteroatoms. The molecular formula is C65H68BN4+. The van der Waals surface area contributed by atoms with E-state index in [9.17, 15) is 0 Å². The number of pyridine rings is 1. The van der Waals surface area contributed by atoms with Crippen LogP contribution >= 0.6 is 0 Å². The van der Waals surface area contributed by atoms with Crippen LogP contribution in [0.25, 0.3) is 38.8 Å². The van der Waals surface area contributed by atoms with Crippen molar-refractivity contribution in [1.82, 2.24) is 18.5 Å². The molecule has 350 valence electrons. The SMILES string of the molecule is CC(C)(C)c1cccc(-c2cccc3c2[N@@+]2(c4cc(C(C)(C)C)cc(C(C)(C)C)c4)[CH-][N@+]3(c3cccc(B(c4ccccc4)c4ccc5c6ccccc6n(-c6cc(C(C)(C)C)ccn6)c5c4)c3)C2)c1. The highest BCUT2D eigenvalue weighted by atomic mass is 15.7. The van der Waals surface area contributed by atoms with E-state index in [4.69, 9.17) is 4.98 Å². The molecule has 70 heavy (non-hydrogen) atoms. The van der Waals surface area contributed by atoms with Gasteiger partial charge in [-0.15, -0.1) is 0 Å². The maximum atomic E-state index is 5.03. The van der Waals surface area contributed by atoms with Gasteiger partial charge in [0.2, 0.25) is 6.71 Å². The van der Waals surface area contributed by atoms with Gasteiger partial charge in [-0.3, -0.25) is 13.5 Å². The first-order valence-corrected chi connectivity index (χ1v) is 25.4. The molecule has 0 aliphatic carbocycles. The highest BCUT2D eigenvalue weighted by molar-refractivity contribution is 6.95. The summed E-state index contributed by atoms with van der Waals surface area (Å²) in [6.45, 7) is 31.4. The Balaban J connectivity index is 1.10. The van der Waals surface area contributed by atoms with Crippen molar-refractivity contribution in [3.8, 4) is 16.9 Å².